The van der Waals surface area contributed by atoms with Gasteiger partial charge in [-0.15, -0.1) is 0 Å². The van der Waals surface area contributed by atoms with Crippen molar-refractivity contribution in [3.63, 3.8) is 0 Å². The first-order valence-corrected chi connectivity index (χ1v) is 7.84. The molecular formula is C17H17ClN2O3. The molecule has 0 fully saturated rings. The minimum atomic E-state index is -0.148. The molecule has 0 bridgehead atoms. The van der Waals surface area contributed by atoms with Gasteiger partial charge in [0.1, 0.15) is 18.9 Å². The van der Waals surface area contributed by atoms with Crippen LogP contribution in [0, 0.1) is 0 Å². The second-order valence-corrected chi connectivity index (χ2v) is 5.59. The van der Waals surface area contributed by atoms with Gasteiger partial charge in [-0.3, -0.25) is 9.78 Å². The molecule has 0 radical (unpaired) electrons. The summed E-state index contributed by atoms with van der Waals surface area (Å²) in [5.41, 5.74) is 1.32. The zero-order valence-corrected chi connectivity index (χ0v) is 13.5. The monoisotopic (exact) mass is 332 g/mol. The van der Waals surface area contributed by atoms with Gasteiger partial charge in [0.2, 0.25) is 0 Å². The summed E-state index contributed by atoms with van der Waals surface area (Å²) >= 11 is 5.94. The zero-order valence-electron chi connectivity index (χ0n) is 12.8. The maximum Gasteiger partial charge on any atom is 0.272 e. The van der Waals surface area contributed by atoms with Gasteiger partial charge in [0, 0.05) is 24.3 Å². The van der Waals surface area contributed by atoms with Gasteiger partial charge in [0.25, 0.3) is 5.91 Å². The third-order valence-electron chi connectivity index (χ3n) is 3.59. The fraction of sp³-hybridized carbons (Fsp3) is 0.294. The van der Waals surface area contributed by atoms with E-state index in [4.69, 9.17) is 21.1 Å². The number of ether oxygens (including phenoxy) is 2. The maximum atomic E-state index is 12.6. The van der Waals surface area contributed by atoms with E-state index >= 15 is 0 Å². The van der Waals surface area contributed by atoms with Crippen molar-refractivity contribution in [3.8, 4) is 11.5 Å². The van der Waals surface area contributed by atoms with E-state index in [-0.39, 0.29) is 5.91 Å². The van der Waals surface area contributed by atoms with Crippen LogP contribution in [-0.2, 0) is 6.54 Å². The van der Waals surface area contributed by atoms with Crippen LogP contribution in [-0.4, -0.2) is 35.5 Å². The van der Waals surface area contributed by atoms with Gasteiger partial charge < -0.3 is 14.4 Å². The topological polar surface area (TPSA) is 51.7 Å². The number of halogens is 1. The van der Waals surface area contributed by atoms with E-state index in [9.17, 15) is 4.79 Å². The Bertz CT molecular complexity index is 721. The molecule has 0 unspecified atom stereocenters. The molecule has 0 N–H and O–H groups in total. The van der Waals surface area contributed by atoms with Gasteiger partial charge in [-0.05, 0) is 36.8 Å². The van der Waals surface area contributed by atoms with Crippen molar-refractivity contribution in [1.82, 2.24) is 9.88 Å². The molecule has 1 aliphatic rings. The average Bonchev–Trinajstić information content (AvgIpc) is 2.59. The van der Waals surface area contributed by atoms with Gasteiger partial charge in [-0.1, -0.05) is 17.7 Å². The highest BCUT2D eigenvalue weighted by atomic mass is 35.5. The number of amides is 1. The van der Waals surface area contributed by atoms with Crippen LogP contribution in [0.3, 0.4) is 0 Å². The van der Waals surface area contributed by atoms with E-state index < -0.39 is 0 Å². The van der Waals surface area contributed by atoms with Crippen molar-refractivity contribution in [2.75, 3.05) is 19.8 Å². The van der Waals surface area contributed by atoms with Crippen molar-refractivity contribution in [3.05, 3.63) is 52.8 Å². The Kier molecular flexibility index (Phi) is 4.67. The second-order valence-electron chi connectivity index (χ2n) is 5.16. The Hall–Kier alpha value is -2.27. The maximum absolute atomic E-state index is 12.6. The van der Waals surface area contributed by atoms with Crippen LogP contribution in [0.5, 0.6) is 11.5 Å². The first-order valence-electron chi connectivity index (χ1n) is 7.46. The van der Waals surface area contributed by atoms with Crippen LogP contribution in [0.25, 0.3) is 0 Å². The van der Waals surface area contributed by atoms with Crippen molar-refractivity contribution >= 4 is 17.5 Å². The first-order chi connectivity index (χ1) is 11.2. The molecule has 3 rings (SSSR count). The molecule has 120 valence electrons. The number of carbonyl (C=O) groups is 1. The predicted octanol–water partition coefficient (Wildman–Crippen LogP) is 3.17. The molecule has 0 saturated carbocycles. The van der Waals surface area contributed by atoms with Crippen LogP contribution in [0.4, 0.5) is 0 Å². The SMILES string of the molecule is CCN(Cc1ccc2c(c1)OCCO2)C(=O)c1cc(Cl)ccn1. The van der Waals surface area contributed by atoms with Crippen LogP contribution >= 0.6 is 11.6 Å². The zero-order chi connectivity index (χ0) is 16.2. The number of aromatic nitrogens is 1. The van der Waals surface area contributed by atoms with Gasteiger partial charge in [-0.2, -0.15) is 0 Å². The van der Waals surface area contributed by atoms with Crippen LogP contribution in [0.2, 0.25) is 5.02 Å². The number of carbonyl (C=O) groups excluding carboxylic acids is 1. The van der Waals surface area contributed by atoms with E-state index in [1.807, 2.05) is 25.1 Å². The minimum absolute atomic E-state index is 0.148. The summed E-state index contributed by atoms with van der Waals surface area (Å²) in [7, 11) is 0. The molecule has 23 heavy (non-hydrogen) atoms. The molecule has 1 amide bonds. The minimum Gasteiger partial charge on any atom is -0.486 e. The molecule has 0 spiro atoms. The van der Waals surface area contributed by atoms with Crippen LogP contribution < -0.4 is 9.47 Å². The lowest BCUT2D eigenvalue weighted by Crippen LogP contribution is -2.31. The summed E-state index contributed by atoms with van der Waals surface area (Å²) in [4.78, 5) is 18.4. The van der Waals surface area contributed by atoms with Gasteiger partial charge >= 0.3 is 0 Å². The Labute approximate surface area is 139 Å². The molecule has 0 atom stereocenters. The van der Waals surface area contributed by atoms with E-state index in [1.165, 1.54) is 6.20 Å². The van der Waals surface area contributed by atoms with E-state index in [0.717, 1.165) is 17.1 Å². The summed E-state index contributed by atoms with van der Waals surface area (Å²) in [6.45, 7) is 4.08. The normalized spacial score (nSPS) is 12.8. The number of hydrogen-bond acceptors (Lipinski definition) is 4. The molecule has 5 nitrogen and oxygen atoms in total. The lowest BCUT2D eigenvalue weighted by molar-refractivity contribution is 0.0746. The number of benzene rings is 1. The highest BCUT2D eigenvalue weighted by Crippen LogP contribution is 2.31. The standard InChI is InChI=1S/C17H17ClN2O3/c1-2-20(17(21)14-10-13(18)5-6-19-14)11-12-3-4-15-16(9-12)23-8-7-22-15/h3-6,9-10H,2,7-8,11H2,1H3. The second kappa shape index (κ2) is 6.87. The third kappa shape index (κ3) is 3.56. The highest BCUT2D eigenvalue weighted by molar-refractivity contribution is 6.30. The summed E-state index contributed by atoms with van der Waals surface area (Å²) in [6.07, 6.45) is 1.54. The Morgan fingerprint density at radius 3 is 2.74 bits per heavy atom. The number of rotatable bonds is 4. The summed E-state index contributed by atoms with van der Waals surface area (Å²) in [5, 5.41) is 0.499. The lowest BCUT2D eigenvalue weighted by Gasteiger charge is -2.23. The average molecular weight is 333 g/mol. The van der Waals surface area contributed by atoms with Crippen molar-refractivity contribution in [1.29, 1.82) is 0 Å². The molecule has 0 saturated heterocycles. The quantitative estimate of drug-likeness (QED) is 0.863. The number of nitrogens with zero attached hydrogens (tertiary/aromatic N) is 2. The van der Waals surface area contributed by atoms with Crippen LogP contribution in [0.15, 0.2) is 36.5 Å². The molecule has 1 aliphatic heterocycles. The van der Waals surface area contributed by atoms with Gasteiger partial charge in [0.05, 0.1) is 0 Å². The Morgan fingerprint density at radius 1 is 1.22 bits per heavy atom. The van der Waals surface area contributed by atoms with E-state index in [2.05, 4.69) is 4.98 Å². The van der Waals surface area contributed by atoms with Crippen molar-refractivity contribution in [2.24, 2.45) is 0 Å². The number of fused-ring (bicyclic) bond motifs is 1. The van der Waals surface area contributed by atoms with Crippen LogP contribution in [0.1, 0.15) is 23.0 Å². The van der Waals surface area contributed by atoms with Crippen molar-refractivity contribution in [2.45, 2.75) is 13.5 Å². The first kappa shape index (κ1) is 15.6. The van der Waals surface area contributed by atoms with Gasteiger partial charge in [-0.25, -0.2) is 0 Å². The molecule has 1 aromatic heterocycles. The Balaban J connectivity index is 1.78. The van der Waals surface area contributed by atoms with E-state index in [0.29, 0.717) is 37.0 Å². The summed E-state index contributed by atoms with van der Waals surface area (Å²) in [6, 6.07) is 8.95. The smallest absolute Gasteiger partial charge is 0.272 e. The Morgan fingerprint density at radius 2 is 2.00 bits per heavy atom. The molecule has 2 aromatic rings. The molecule has 0 aliphatic carbocycles. The lowest BCUT2D eigenvalue weighted by atomic mass is 10.1. The fourth-order valence-electron chi connectivity index (χ4n) is 2.42. The number of pyridine rings is 1. The molecular weight excluding hydrogens is 316 g/mol. The summed E-state index contributed by atoms with van der Waals surface area (Å²) in [5.74, 6) is 1.31. The molecule has 6 heteroatoms. The third-order valence-corrected chi connectivity index (χ3v) is 3.83. The predicted molar refractivity (Wildman–Crippen MR) is 87.1 cm³/mol. The van der Waals surface area contributed by atoms with Gasteiger partial charge in [0.15, 0.2) is 11.5 Å². The van der Waals surface area contributed by atoms with Crippen molar-refractivity contribution < 1.29 is 14.3 Å². The molecule has 2 heterocycles. The summed E-state index contributed by atoms with van der Waals surface area (Å²) < 4.78 is 11.1. The molecule has 1 aromatic carbocycles. The number of hydrogen-bond donors (Lipinski definition) is 0. The highest BCUT2D eigenvalue weighted by Gasteiger charge is 2.18. The largest absolute Gasteiger partial charge is 0.486 e. The van der Waals surface area contributed by atoms with E-state index in [1.54, 1.807) is 17.0 Å². The fourth-order valence-corrected chi connectivity index (χ4v) is 2.58.